The van der Waals surface area contributed by atoms with Gasteiger partial charge in [-0.2, -0.15) is 0 Å². The summed E-state index contributed by atoms with van der Waals surface area (Å²) in [6.45, 7) is 3.26. The first-order valence-electron chi connectivity index (χ1n) is 6.43. The molecule has 0 spiro atoms. The van der Waals surface area contributed by atoms with E-state index in [1.807, 2.05) is 11.8 Å². The Morgan fingerprint density at radius 1 is 1.42 bits per heavy atom. The van der Waals surface area contributed by atoms with Gasteiger partial charge >= 0.3 is 0 Å². The summed E-state index contributed by atoms with van der Waals surface area (Å²) in [6.07, 6.45) is 2.25. The summed E-state index contributed by atoms with van der Waals surface area (Å²) < 4.78 is 0. The molecule has 1 amide bonds. The fourth-order valence-electron chi connectivity index (χ4n) is 2.32. The first-order chi connectivity index (χ1) is 8.89. The van der Waals surface area contributed by atoms with Crippen LogP contribution in [0.15, 0.2) is 12.1 Å². The largest absolute Gasteiger partial charge is 0.396 e. The lowest BCUT2D eigenvalue weighted by atomic mass is 9.98. The van der Waals surface area contributed by atoms with Crippen molar-refractivity contribution in [3.05, 3.63) is 17.8 Å². The van der Waals surface area contributed by atoms with Crippen LogP contribution in [0.5, 0.6) is 0 Å². The number of nitrogens with zero attached hydrogens (tertiary/aromatic N) is 2. The zero-order chi connectivity index (χ0) is 14.0. The molecule has 1 fully saturated rings. The van der Waals surface area contributed by atoms with E-state index >= 15 is 0 Å². The predicted octanol–water partition coefficient (Wildman–Crippen LogP) is 0.504. The number of amides is 1. The number of nitrogens with two attached hydrogens (primary N) is 2. The van der Waals surface area contributed by atoms with Crippen molar-refractivity contribution < 1.29 is 9.90 Å². The predicted molar refractivity (Wildman–Crippen MR) is 73.9 cm³/mol. The number of hydrogen-bond acceptors (Lipinski definition) is 5. The number of pyridine rings is 1. The first kappa shape index (κ1) is 13.6. The minimum absolute atomic E-state index is 0.209. The summed E-state index contributed by atoms with van der Waals surface area (Å²) in [5.41, 5.74) is 11.2. The minimum Gasteiger partial charge on any atom is -0.396 e. The van der Waals surface area contributed by atoms with Crippen LogP contribution in [0.4, 0.5) is 11.5 Å². The Balaban J connectivity index is 2.25. The number of primary amides is 1. The van der Waals surface area contributed by atoms with E-state index in [-0.39, 0.29) is 5.69 Å². The highest BCUT2D eigenvalue weighted by molar-refractivity contribution is 5.91. The second kappa shape index (κ2) is 5.05. The van der Waals surface area contributed by atoms with Crippen LogP contribution in [-0.2, 0) is 0 Å². The zero-order valence-corrected chi connectivity index (χ0v) is 11.1. The summed E-state index contributed by atoms with van der Waals surface area (Å²) in [5, 5.41) is 10.1. The highest BCUT2D eigenvalue weighted by Crippen LogP contribution is 2.27. The van der Waals surface area contributed by atoms with Gasteiger partial charge in [-0.1, -0.05) is 0 Å². The van der Waals surface area contributed by atoms with Gasteiger partial charge in [0.1, 0.15) is 5.69 Å². The maximum absolute atomic E-state index is 11.2. The van der Waals surface area contributed by atoms with E-state index in [1.165, 1.54) is 6.07 Å². The lowest BCUT2D eigenvalue weighted by Gasteiger charge is -2.24. The molecule has 1 unspecified atom stereocenters. The van der Waals surface area contributed by atoms with Crippen LogP contribution in [0.1, 0.15) is 36.7 Å². The molecule has 2 heterocycles. The first-order valence-corrected chi connectivity index (χ1v) is 6.43. The number of hydrogen-bond donors (Lipinski definition) is 3. The lowest BCUT2D eigenvalue weighted by molar-refractivity contribution is 0.0481. The third-order valence-corrected chi connectivity index (χ3v) is 3.52. The monoisotopic (exact) mass is 264 g/mol. The third kappa shape index (κ3) is 3.14. The standard InChI is InChI=1S/C13H20N4O2/c1-13(19)5-2-7-17(8-6-13)12-9(14)3-4-10(16-12)11(15)18/h3-4,19H,2,5-8,14H2,1H3,(H2,15,18). The van der Waals surface area contributed by atoms with Crippen LogP contribution >= 0.6 is 0 Å². The molecular formula is C13H20N4O2. The normalized spacial score (nSPS) is 24.0. The number of nitrogen functional groups attached to an aromatic ring is 1. The number of carbonyl (C=O) groups excluding carboxylic acids is 1. The van der Waals surface area contributed by atoms with Crippen molar-refractivity contribution in [3.63, 3.8) is 0 Å². The Kier molecular flexibility index (Phi) is 3.61. The third-order valence-electron chi connectivity index (χ3n) is 3.52. The smallest absolute Gasteiger partial charge is 0.267 e. The van der Waals surface area contributed by atoms with Gasteiger partial charge < -0.3 is 21.5 Å². The van der Waals surface area contributed by atoms with E-state index in [9.17, 15) is 9.90 Å². The Morgan fingerprint density at radius 3 is 2.84 bits per heavy atom. The van der Waals surface area contributed by atoms with Crippen molar-refractivity contribution in [3.8, 4) is 0 Å². The molecule has 1 atom stereocenters. The van der Waals surface area contributed by atoms with Gasteiger partial charge in [0.25, 0.3) is 5.91 Å². The molecule has 1 aromatic heterocycles. The van der Waals surface area contributed by atoms with Gasteiger partial charge in [-0.05, 0) is 38.3 Å². The lowest BCUT2D eigenvalue weighted by Crippen LogP contribution is -2.30. The van der Waals surface area contributed by atoms with Crippen LogP contribution in [0.3, 0.4) is 0 Å². The fourth-order valence-corrected chi connectivity index (χ4v) is 2.32. The maximum atomic E-state index is 11.2. The average molecular weight is 264 g/mol. The van der Waals surface area contributed by atoms with E-state index in [4.69, 9.17) is 11.5 Å². The van der Waals surface area contributed by atoms with E-state index < -0.39 is 11.5 Å². The summed E-state index contributed by atoms with van der Waals surface area (Å²) in [7, 11) is 0. The van der Waals surface area contributed by atoms with E-state index in [1.54, 1.807) is 6.07 Å². The van der Waals surface area contributed by atoms with Crippen molar-refractivity contribution in [1.29, 1.82) is 0 Å². The zero-order valence-electron chi connectivity index (χ0n) is 11.1. The van der Waals surface area contributed by atoms with Gasteiger partial charge in [0.2, 0.25) is 0 Å². The van der Waals surface area contributed by atoms with Crippen molar-refractivity contribution in [1.82, 2.24) is 4.98 Å². The van der Waals surface area contributed by atoms with E-state index in [0.29, 0.717) is 24.5 Å². The van der Waals surface area contributed by atoms with Crippen molar-refractivity contribution in [2.24, 2.45) is 5.73 Å². The number of rotatable bonds is 2. The quantitative estimate of drug-likeness (QED) is 0.721. The van der Waals surface area contributed by atoms with Gasteiger partial charge in [-0.3, -0.25) is 4.79 Å². The molecule has 0 bridgehead atoms. The van der Waals surface area contributed by atoms with E-state index in [2.05, 4.69) is 4.98 Å². The Morgan fingerprint density at radius 2 is 2.16 bits per heavy atom. The van der Waals surface area contributed by atoms with Gasteiger partial charge in [0.05, 0.1) is 11.3 Å². The van der Waals surface area contributed by atoms with Crippen LogP contribution in [0.25, 0.3) is 0 Å². The molecule has 19 heavy (non-hydrogen) atoms. The summed E-state index contributed by atoms with van der Waals surface area (Å²) in [6, 6.07) is 3.17. The average Bonchev–Trinajstić information content (AvgIpc) is 2.51. The molecule has 6 nitrogen and oxygen atoms in total. The van der Waals surface area contributed by atoms with Gasteiger partial charge in [-0.25, -0.2) is 4.98 Å². The minimum atomic E-state index is -0.648. The highest BCUT2D eigenvalue weighted by Gasteiger charge is 2.26. The van der Waals surface area contributed by atoms with Crippen molar-refractivity contribution >= 4 is 17.4 Å². The molecule has 2 rings (SSSR count). The fraction of sp³-hybridized carbons (Fsp3) is 0.538. The number of aromatic nitrogens is 1. The highest BCUT2D eigenvalue weighted by atomic mass is 16.3. The van der Waals surface area contributed by atoms with Gasteiger partial charge in [0, 0.05) is 13.1 Å². The summed E-state index contributed by atoms with van der Waals surface area (Å²) in [4.78, 5) is 17.4. The maximum Gasteiger partial charge on any atom is 0.267 e. The Hall–Kier alpha value is -1.82. The molecule has 5 N–H and O–H groups in total. The molecule has 104 valence electrons. The second-order valence-electron chi connectivity index (χ2n) is 5.31. The molecule has 0 aromatic carbocycles. The van der Waals surface area contributed by atoms with Crippen LogP contribution in [0, 0.1) is 0 Å². The van der Waals surface area contributed by atoms with E-state index in [0.717, 1.165) is 19.4 Å². The Labute approximate surface area is 112 Å². The number of aliphatic hydroxyl groups is 1. The molecule has 1 aliphatic heterocycles. The van der Waals surface area contributed by atoms with Gasteiger partial charge in [0.15, 0.2) is 5.82 Å². The molecular weight excluding hydrogens is 244 g/mol. The van der Waals surface area contributed by atoms with Gasteiger partial charge in [-0.15, -0.1) is 0 Å². The molecule has 1 aliphatic rings. The molecule has 0 saturated carbocycles. The second-order valence-corrected chi connectivity index (χ2v) is 5.31. The Bertz CT molecular complexity index is 488. The van der Waals surface area contributed by atoms with Crippen molar-refractivity contribution in [2.45, 2.75) is 31.8 Å². The van der Waals surface area contributed by atoms with Crippen LogP contribution in [0.2, 0.25) is 0 Å². The topological polar surface area (TPSA) is 105 Å². The van der Waals surface area contributed by atoms with Crippen LogP contribution < -0.4 is 16.4 Å². The number of carbonyl (C=O) groups is 1. The molecule has 1 saturated heterocycles. The van der Waals surface area contributed by atoms with Crippen molar-refractivity contribution in [2.75, 3.05) is 23.7 Å². The molecule has 1 aromatic rings. The summed E-state index contributed by atoms with van der Waals surface area (Å²) in [5.74, 6) is 0.0112. The van der Waals surface area contributed by atoms with Crippen LogP contribution in [-0.4, -0.2) is 34.7 Å². The molecule has 0 aliphatic carbocycles. The molecule has 0 radical (unpaired) electrons. The molecule has 6 heteroatoms. The summed E-state index contributed by atoms with van der Waals surface area (Å²) >= 11 is 0. The SMILES string of the molecule is CC1(O)CCCN(c2nc(C(N)=O)ccc2N)CC1. The number of anilines is 2.